The standard InChI is InChI=1S/C14H27N5O/c1-10(2)20-8-7-19(6)12-9-11(18-15)16-13(17-12)14(3,4)5/h9-10H,7-8,15H2,1-6H3,(H,16,17,18). The molecule has 0 spiro atoms. The normalized spacial score (nSPS) is 11.8. The van der Waals surface area contributed by atoms with Crippen molar-refractivity contribution in [2.75, 3.05) is 30.5 Å². The number of likely N-dealkylation sites (N-methyl/N-ethyl adjacent to an activating group) is 1. The van der Waals surface area contributed by atoms with Crippen LogP contribution in [0.4, 0.5) is 11.6 Å². The minimum absolute atomic E-state index is 0.128. The first kappa shape index (κ1) is 16.7. The fourth-order valence-corrected chi connectivity index (χ4v) is 1.58. The number of nitrogens with two attached hydrogens (primary N) is 1. The largest absolute Gasteiger partial charge is 0.377 e. The molecule has 6 heteroatoms. The van der Waals surface area contributed by atoms with E-state index in [0.717, 1.165) is 18.2 Å². The number of hydrazine groups is 1. The summed E-state index contributed by atoms with van der Waals surface area (Å²) in [5.74, 6) is 7.71. The smallest absolute Gasteiger partial charge is 0.145 e. The van der Waals surface area contributed by atoms with Crippen LogP contribution >= 0.6 is 0 Å². The highest BCUT2D eigenvalue weighted by Gasteiger charge is 2.20. The van der Waals surface area contributed by atoms with Crippen molar-refractivity contribution in [3.63, 3.8) is 0 Å². The molecule has 1 aromatic heterocycles. The molecule has 1 aromatic rings. The first-order chi connectivity index (χ1) is 9.24. The van der Waals surface area contributed by atoms with Gasteiger partial charge in [0.15, 0.2) is 0 Å². The second-order valence-corrected chi connectivity index (χ2v) is 6.17. The van der Waals surface area contributed by atoms with Gasteiger partial charge in [0.05, 0.1) is 12.7 Å². The lowest BCUT2D eigenvalue weighted by atomic mass is 9.96. The van der Waals surface area contributed by atoms with E-state index < -0.39 is 0 Å². The minimum atomic E-state index is -0.128. The Bertz CT molecular complexity index is 428. The molecule has 0 aliphatic carbocycles. The summed E-state index contributed by atoms with van der Waals surface area (Å²) in [4.78, 5) is 11.1. The van der Waals surface area contributed by atoms with Crippen LogP contribution in [0, 0.1) is 0 Å². The first-order valence-electron chi connectivity index (χ1n) is 6.93. The van der Waals surface area contributed by atoms with E-state index >= 15 is 0 Å². The number of hydrogen-bond donors (Lipinski definition) is 2. The third-order valence-electron chi connectivity index (χ3n) is 2.80. The number of nitrogens with zero attached hydrogens (tertiary/aromatic N) is 3. The summed E-state index contributed by atoms with van der Waals surface area (Å²) in [6.07, 6.45) is 0.236. The minimum Gasteiger partial charge on any atom is -0.377 e. The van der Waals surface area contributed by atoms with Crippen molar-refractivity contribution in [3.05, 3.63) is 11.9 Å². The molecule has 0 radical (unpaired) electrons. The van der Waals surface area contributed by atoms with E-state index in [0.29, 0.717) is 12.4 Å². The predicted octanol–water partition coefficient (Wildman–Crippen LogP) is 1.92. The van der Waals surface area contributed by atoms with E-state index in [1.165, 1.54) is 0 Å². The summed E-state index contributed by atoms with van der Waals surface area (Å²) < 4.78 is 5.56. The van der Waals surface area contributed by atoms with Gasteiger partial charge in [0.2, 0.25) is 0 Å². The summed E-state index contributed by atoms with van der Waals surface area (Å²) in [6.45, 7) is 11.7. The van der Waals surface area contributed by atoms with Crippen molar-refractivity contribution in [1.29, 1.82) is 0 Å². The van der Waals surface area contributed by atoms with Gasteiger partial charge in [-0.2, -0.15) is 0 Å². The third-order valence-corrected chi connectivity index (χ3v) is 2.80. The van der Waals surface area contributed by atoms with Gasteiger partial charge in [0.1, 0.15) is 17.5 Å². The van der Waals surface area contributed by atoms with Crippen molar-refractivity contribution in [2.45, 2.75) is 46.1 Å². The van der Waals surface area contributed by atoms with Crippen molar-refractivity contribution >= 4 is 11.6 Å². The Hall–Kier alpha value is -1.40. The molecule has 114 valence electrons. The molecule has 0 aliphatic rings. The first-order valence-corrected chi connectivity index (χ1v) is 6.93. The number of ether oxygens (including phenoxy) is 1. The molecule has 3 N–H and O–H groups in total. The highest BCUT2D eigenvalue weighted by Crippen LogP contribution is 2.23. The maximum absolute atomic E-state index is 5.56. The van der Waals surface area contributed by atoms with Gasteiger partial charge < -0.3 is 15.1 Å². The Morgan fingerprint density at radius 2 is 2.00 bits per heavy atom. The summed E-state index contributed by atoms with van der Waals surface area (Å²) >= 11 is 0. The van der Waals surface area contributed by atoms with Gasteiger partial charge in [-0.15, -0.1) is 0 Å². The number of rotatable bonds is 6. The van der Waals surface area contributed by atoms with Crippen molar-refractivity contribution in [1.82, 2.24) is 9.97 Å². The van der Waals surface area contributed by atoms with Crippen LogP contribution in [0.25, 0.3) is 0 Å². The van der Waals surface area contributed by atoms with E-state index in [1.807, 2.05) is 31.9 Å². The lowest BCUT2D eigenvalue weighted by Gasteiger charge is -2.23. The fraction of sp³-hybridized carbons (Fsp3) is 0.714. The zero-order valence-corrected chi connectivity index (χ0v) is 13.4. The van der Waals surface area contributed by atoms with Crippen LogP contribution in [0.2, 0.25) is 0 Å². The number of nitrogen functional groups attached to an aromatic ring is 1. The molecule has 0 aromatic carbocycles. The molecule has 6 nitrogen and oxygen atoms in total. The summed E-state index contributed by atoms with van der Waals surface area (Å²) in [7, 11) is 1.98. The van der Waals surface area contributed by atoms with Crippen LogP contribution in [0.1, 0.15) is 40.4 Å². The second kappa shape index (κ2) is 6.85. The lowest BCUT2D eigenvalue weighted by molar-refractivity contribution is 0.0845. The van der Waals surface area contributed by atoms with Crippen LogP contribution in [0.15, 0.2) is 6.07 Å². The summed E-state index contributed by atoms with van der Waals surface area (Å²) in [6, 6.07) is 1.84. The van der Waals surface area contributed by atoms with Crippen molar-refractivity contribution < 1.29 is 4.74 Å². The number of nitrogens with one attached hydrogen (secondary N) is 1. The highest BCUT2D eigenvalue weighted by molar-refractivity contribution is 5.49. The fourth-order valence-electron chi connectivity index (χ4n) is 1.58. The van der Waals surface area contributed by atoms with Crippen molar-refractivity contribution in [2.24, 2.45) is 5.84 Å². The Kier molecular flexibility index (Phi) is 5.71. The molecule has 0 saturated heterocycles. The molecule has 0 aliphatic heterocycles. The molecular formula is C14H27N5O. The highest BCUT2D eigenvalue weighted by atomic mass is 16.5. The van der Waals surface area contributed by atoms with Gasteiger partial charge in [-0.3, -0.25) is 0 Å². The summed E-state index contributed by atoms with van der Waals surface area (Å²) in [5.41, 5.74) is 2.47. The molecule has 0 amide bonds. The van der Waals surface area contributed by atoms with E-state index in [9.17, 15) is 0 Å². The zero-order valence-electron chi connectivity index (χ0n) is 13.4. The van der Waals surface area contributed by atoms with E-state index in [2.05, 4.69) is 36.2 Å². The SMILES string of the molecule is CC(C)OCCN(C)c1cc(NN)nc(C(C)(C)C)n1. The molecule has 0 saturated carbocycles. The number of aromatic nitrogens is 2. The van der Waals surface area contributed by atoms with E-state index in [4.69, 9.17) is 10.6 Å². The Labute approximate surface area is 121 Å². The van der Waals surface area contributed by atoms with Crippen LogP contribution in [0.3, 0.4) is 0 Å². The van der Waals surface area contributed by atoms with Gasteiger partial charge in [-0.05, 0) is 13.8 Å². The van der Waals surface area contributed by atoms with Gasteiger partial charge in [0.25, 0.3) is 0 Å². The van der Waals surface area contributed by atoms with E-state index in [1.54, 1.807) is 0 Å². The molecule has 1 heterocycles. The Morgan fingerprint density at radius 3 is 2.50 bits per heavy atom. The average molecular weight is 281 g/mol. The van der Waals surface area contributed by atoms with Crippen LogP contribution in [0.5, 0.6) is 0 Å². The quantitative estimate of drug-likeness (QED) is 0.613. The maximum atomic E-state index is 5.56. The molecule has 0 bridgehead atoms. The van der Waals surface area contributed by atoms with Crippen LogP contribution < -0.4 is 16.2 Å². The predicted molar refractivity (Wildman–Crippen MR) is 82.9 cm³/mol. The summed E-state index contributed by atoms with van der Waals surface area (Å²) in [5, 5.41) is 0. The molecule has 0 unspecified atom stereocenters. The Morgan fingerprint density at radius 1 is 1.35 bits per heavy atom. The molecule has 1 rings (SSSR count). The maximum Gasteiger partial charge on any atom is 0.145 e. The van der Waals surface area contributed by atoms with Crippen molar-refractivity contribution in [3.8, 4) is 0 Å². The monoisotopic (exact) mass is 281 g/mol. The zero-order chi connectivity index (χ0) is 15.3. The topological polar surface area (TPSA) is 76.3 Å². The second-order valence-electron chi connectivity index (χ2n) is 6.17. The van der Waals surface area contributed by atoms with Crippen LogP contribution in [-0.2, 0) is 10.2 Å². The molecular weight excluding hydrogens is 254 g/mol. The Balaban J connectivity index is 2.88. The van der Waals surface area contributed by atoms with Gasteiger partial charge in [0, 0.05) is 25.1 Å². The molecule has 0 atom stereocenters. The number of anilines is 2. The molecule has 0 fully saturated rings. The number of hydrogen-bond acceptors (Lipinski definition) is 6. The van der Waals surface area contributed by atoms with Gasteiger partial charge >= 0.3 is 0 Å². The third kappa shape index (κ3) is 4.94. The molecule has 20 heavy (non-hydrogen) atoms. The van der Waals surface area contributed by atoms with Gasteiger partial charge in [-0.1, -0.05) is 20.8 Å². The van der Waals surface area contributed by atoms with Crippen LogP contribution in [-0.4, -0.2) is 36.3 Å². The average Bonchev–Trinajstić information content (AvgIpc) is 2.36. The van der Waals surface area contributed by atoms with Gasteiger partial charge in [-0.25, -0.2) is 15.8 Å². The van der Waals surface area contributed by atoms with E-state index in [-0.39, 0.29) is 11.5 Å². The lowest BCUT2D eigenvalue weighted by Crippen LogP contribution is -2.27.